The highest BCUT2D eigenvalue weighted by Gasteiger charge is 2.26. The molecule has 0 bridgehead atoms. The van der Waals surface area contributed by atoms with Gasteiger partial charge in [-0.1, -0.05) is 18.2 Å². The molecule has 1 heterocycles. The van der Waals surface area contributed by atoms with Crippen LogP contribution in [0.3, 0.4) is 0 Å². The molecule has 2 aromatic rings. The third-order valence-electron chi connectivity index (χ3n) is 6.98. The first kappa shape index (κ1) is 25.2. The number of hydrogen-bond acceptors (Lipinski definition) is 5. The molecule has 1 atom stereocenters. The number of hydrogen-bond donors (Lipinski definition) is 3. The minimum atomic E-state index is -4.15. The molecule has 3 N–H and O–H groups in total. The molecule has 0 aromatic heterocycles. The fourth-order valence-electron chi connectivity index (χ4n) is 5.14. The Balaban J connectivity index is 1.49. The summed E-state index contributed by atoms with van der Waals surface area (Å²) < 4.78 is 29.1. The number of likely N-dealkylation sites (tertiary alicyclic amines) is 1. The Morgan fingerprint density at radius 1 is 1.06 bits per heavy atom. The maximum Gasteiger partial charge on any atom is 0.338 e. The van der Waals surface area contributed by atoms with Crippen LogP contribution in [0.25, 0.3) is 0 Å². The van der Waals surface area contributed by atoms with Crippen LogP contribution in [0.1, 0.15) is 66.9 Å². The number of anilines is 2. The summed E-state index contributed by atoms with van der Waals surface area (Å²) in [7, 11) is -4.15. The number of nitrogens with one attached hydrogen (secondary N) is 2. The number of para-hydroxylation sites is 1. The summed E-state index contributed by atoms with van der Waals surface area (Å²) in [6, 6.07) is 10.0. The molecule has 4 rings (SSSR count). The smallest absolute Gasteiger partial charge is 0.338 e. The lowest BCUT2D eigenvalue weighted by molar-refractivity contribution is -0.116. The van der Waals surface area contributed by atoms with E-state index in [-0.39, 0.29) is 27.7 Å². The van der Waals surface area contributed by atoms with Gasteiger partial charge in [0.05, 0.1) is 16.9 Å². The van der Waals surface area contributed by atoms with Gasteiger partial charge in [-0.2, -0.15) is 0 Å². The Kier molecular flexibility index (Phi) is 7.76. The first-order valence-electron chi connectivity index (χ1n) is 12.3. The fraction of sp³-hybridized carbons (Fsp3) is 0.462. The van der Waals surface area contributed by atoms with Crippen LogP contribution in [0.2, 0.25) is 0 Å². The predicted octanol–water partition coefficient (Wildman–Crippen LogP) is 4.27. The van der Waals surface area contributed by atoms with E-state index in [2.05, 4.69) is 21.9 Å². The second kappa shape index (κ2) is 10.8. The van der Waals surface area contributed by atoms with Crippen molar-refractivity contribution < 1.29 is 23.1 Å². The number of nitrogens with zero attached hydrogens (tertiary/aromatic N) is 1. The molecule has 9 heteroatoms. The SMILES string of the molecule is CC1CCCN1CCCC(=O)Nc1ccccc1S(=O)(=O)Nc1ccc2c(c1C(=O)O)CCCC2. The Morgan fingerprint density at radius 2 is 1.83 bits per heavy atom. The van der Waals surface area contributed by atoms with Crippen LogP contribution >= 0.6 is 0 Å². The van der Waals surface area contributed by atoms with E-state index in [1.807, 2.05) is 0 Å². The van der Waals surface area contributed by atoms with Crippen molar-refractivity contribution in [3.63, 3.8) is 0 Å². The molecule has 0 saturated carbocycles. The second-order valence-electron chi connectivity index (χ2n) is 9.42. The number of carbonyl (C=O) groups is 2. The highest BCUT2D eigenvalue weighted by Crippen LogP contribution is 2.32. The Labute approximate surface area is 206 Å². The lowest BCUT2D eigenvalue weighted by atomic mass is 9.87. The molecular formula is C26H33N3O5S. The van der Waals surface area contributed by atoms with Crippen molar-refractivity contribution >= 4 is 33.3 Å². The molecule has 1 aliphatic heterocycles. The van der Waals surface area contributed by atoms with Crippen LogP contribution in [0.4, 0.5) is 11.4 Å². The lowest BCUT2D eigenvalue weighted by Crippen LogP contribution is -2.28. The van der Waals surface area contributed by atoms with E-state index in [1.165, 1.54) is 25.0 Å². The molecular weight excluding hydrogens is 466 g/mol. The van der Waals surface area contributed by atoms with E-state index in [4.69, 9.17) is 0 Å². The molecule has 8 nitrogen and oxygen atoms in total. The molecule has 1 fully saturated rings. The van der Waals surface area contributed by atoms with Crippen LogP contribution in [0.5, 0.6) is 0 Å². The third kappa shape index (κ3) is 5.85. The summed E-state index contributed by atoms with van der Waals surface area (Å²) in [5.41, 5.74) is 1.86. The fourth-order valence-corrected chi connectivity index (χ4v) is 6.38. The number of fused-ring (bicyclic) bond motifs is 1. The minimum Gasteiger partial charge on any atom is -0.478 e. The normalized spacial score (nSPS) is 18.1. The van der Waals surface area contributed by atoms with Crippen molar-refractivity contribution in [2.75, 3.05) is 23.1 Å². The van der Waals surface area contributed by atoms with E-state index in [0.717, 1.165) is 37.9 Å². The van der Waals surface area contributed by atoms with Gasteiger partial charge in [-0.25, -0.2) is 13.2 Å². The zero-order valence-corrected chi connectivity index (χ0v) is 20.9. The van der Waals surface area contributed by atoms with Crippen molar-refractivity contribution in [1.82, 2.24) is 4.90 Å². The molecule has 1 aliphatic carbocycles. The molecule has 2 aliphatic rings. The van der Waals surface area contributed by atoms with Gasteiger partial charge in [0.2, 0.25) is 5.91 Å². The lowest BCUT2D eigenvalue weighted by Gasteiger charge is -2.21. The van der Waals surface area contributed by atoms with Crippen molar-refractivity contribution in [1.29, 1.82) is 0 Å². The van der Waals surface area contributed by atoms with Crippen molar-refractivity contribution in [3.8, 4) is 0 Å². The van der Waals surface area contributed by atoms with Crippen LogP contribution < -0.4 is 10.0 Å². The highest BCUT2D eigenvalue weighted by molar-refractivity contribution is 7.92. The van der Waals surface area contributed by atoms with Crippen LogP contribution in [0.15, 0.2) is 41.3 Å². The van der Waals surface area contributed by atoms with Gasteiger partial charge >= 0.3 is 5.97 Å². The van der Waals surface area contributed by atoms with Crippen molar-refractivity contribution in [2.45, 2.75) is 69.2 Å². The Morgan fingerprint density at radius 3 is 2.57 bits per heavy atom. The predicted molar refractivity (Wildman–Crippen MR) is 135 cm³/mol. The maximum atomic E-state index is 13.3. The molecule has 35 heavy (non-hydrogen) atoms. The van der Waals surface area contributed by atoms with Gasteiger partial charge in [-0.3, -0.25) is 9.52 Å². The maximum absolute atomic E-state index is 13.3. The average Bonchev–Trinajstić information content (AvgIpc) is 3.23. The highest BCUT2D eigenvalue weighted by atomic mass is 32.2. The number of aromatic carboxylic acids is 1. The quantitative estimate of drug-likeness (QED) is 0.475. The van der Waals surface area contributed by atoms with Crippen molar-refractivity contribution in [3.05, 3.63) is 53.1 Å². The molecule has 1 saturated heterocycles. The summed E-state index contributed by atoms with van der Waals surface area (Å²) in [5, 5.41) is 12.6. The van der Waals surface area contributed by atoms with Crippen LogP contribution in [0, 0.1) is 0 Å². The minimum absolute atomic E-state index is 0.00318. The molecule has 0 spiro atoms. The second-order valence-corrected chi connectivity index (χ2v) is 11.1. The van der Waals surface area contributed by atoms with E-state index >= 15 is 0 Å². The largest absolute Gasteiger partial charge is 0.478 e. The standard InChI is InChI=1S/C26H33N3O5S/c1-18-8-6-16-29(18)17-7-13-24(30)27-21-11-4-5-12-23(21)35(33,34)28-22-15-14-19-9-2-3-10-20(19)25(22)26(31)32/h4-5,11-12,14-15,18,28H,2-3,6-10,13,16-17H2,1H3,(H,27,30)(H,31,32). The summed E-state index contributed by atoms with van der Waals surface area (Å²) in [6.07, 6.45) is 6.59. The zero-order valence-electron chi connectivity index (χ0n) is 20.0. The van der Waals surface area contributed by atoms with Gasteiger partial charge in [0.25, 0.3) is 10.0 Å². The number of aryl methyl sites for hydroxylation is 1. The first-order valence-corrected chi connectivity index (χ1v) is 13.8. The Hall–Kier alpha value is -2.91. The summed E-state index contributed by atoms with van der Waals surface area (Å²) in [4.78, 5) is 26.9. The molecule has 1 amide bonds. The first-order chi connectivity index (χ1) is 16.8. The number of carboxylic acids is 1. The molecule has 2 aromatic carbocycles. The van der Waals surface area contributed by atoms with E-state index in [0.29, 0.717) is 30.9 Å². The van der Waals surface area contributed by atoms with Gasteiger partial charge in [0, 0.05) is 12.5 Å². The number of rotatable bonds is 9. The molecule has 1 unspecified atom stereocenters. The topological polar surface area (TPSA) is 116 Å². The monoisotopic (exact) mass is 499 g/mol. The van der Waals surface area contributed by atoms with Gasteiger partial charge in [-0.15, -0.1) is 0 Å². The molecule has 188 valence electrons. The van der Waals surface area contributed by atoms with Gasteiger partial charge < -0.3 is 15.3 Å². The van der Waals surface area contributed by atoms with E-state index in [9.17, 15) is 23.1 Å². The van der Waals surface area contributed by atoms with E-state index < -0.39 is 16.0 Å². The van der Waals surface area contributed by atoms with Gasteiger partial charge in [-0.05, 0) is 94.3 Å². The number of carbonyl (C=O) groups excluding carboxylic acids is 1. The summed E-state index contributed by atoms with van der Waals surface area (Å²) in [5.74, 6) is -1.41. The van der Waals surface area contributed by atoms with Gasteiger partial charge in [0.1, 0.15) is 4.90 Å². The Bertz CT molecular complexity index is 1210. The third-order valence-corrected chi connectivity index (χ3v) is 8.41. The zero-order chi connectivity index (χ0) is 25.0. The number of amides is 1. The summed E-state index contributed by atoms with van der Waals surface area (Å²) >= 11 is 0. The van der Waals surface area contributed by atoms with Crippen LogP contribution in [-0.4, -0.2) is 49.4 Å². The van der Waals surface area contributed by atoms with Crippen LogP contribution in [-0.2, 0) is 27.7 Å². The number of benzene rings is 2. The average molecular weight is 500 g/mol. The number of carboxylic acid groups (broad SMARTS) is 1. The van der Waals surface area contributed by atoms with Gasteiger partial charge in [0.15, 0.2) is 0 Å². The number of sulfonamides is 1. The van der Waals surface area contributed by atoms with E-state index in [1.54, 1.807) is 24.3 Å². The summed E-state index contributed by atoms with van der Waals surface area (Å²) in [6.45, 7) is 4.09. The molecule has 0 radical (unpaired) electrons. The van der Waals surface area contributed by atoms with Crippen molar-refractivity contribution in [2.24, 2.45) is 0 Å².